The van der Waals surface area contributed by atoms with Crippen molar-refractivity contribution in [1.82, 2.24) is 9.80 Å². The van der Waals surface area contributed by atoms with Crippen molar-refractivity contribution >= 4 is 5.57 Å². The van der Waals surface area contributed by atoms with E-state index in [1.54, 1.807) is 0 Å². The van der Waals surface area contributed by atoms with E-state index in [2.05, 4.69) is 53.3 Å². The third-order valence-corrected chi connectivity index (χ3v) is 4.45. The molecule has 3 heteroatoms. The number of likely N-dealkylation sites (N-methyl/N-ethyl adjacent to an activating group) is 1. The Morgan fingerprint density at radius 1 is 1.10 bits per heavy atom. The SMILES string of the molecule is CN1CCN(CC2(O)C=CC(c3ccccc3)=CC2)CC1. The van der Waals surface area contributed by atoms with Crippen molar-refractivity contribution in [3.63, 3.8) is 0 Å². The minimum Gasteiger partial charge on any atom is -0.384 e. The highest BCUT2D eigenvalue weighted by Gasteiger charge is 2.29. The number of rotatable bonds is 3. The standard InChI is InChI=1S/C18H24N2O/c1-19-11-13-20(14-12-19)15-18(21)9-7-17(8-10-18)16-5-3-2-4-6-16/h2-9,21H,10-15H2,1H3. The second-order valence-corrected chi connectivity index (χ2v) is 6.25. The van der Waals surface area contributed by atoms with Crippen molar-refractivity contribution in [1.29, 1.82) is 0 Å². The fourth-order valence-electron chi connectivity index (χ4n) is 3.02. The second-order valence-electron chi connectivity index (χ2n) is 6.25. The van der Waals surface area contributed by atoms with Crippen molar-refractivity contribution in [2.75, 3.05) is 39.8 Å². The predicted molar refractivity (Wildman–Crippen MR) is 87.1 cm³/mol. The van der Waals surface area contributed by atoms with Crippen LogP contribution in [-0.4, -0.2) is 60.3 Å². The van der Waals surface area contributed by atoms with E-state index in [0.717, 1.165) is 32.7 Å². The lowest BCUT2D eigenvalue weighted by Gasteiger charge is -2.37. The Morgan fingerprint density at radius 2 is 1.81 bits per heavy atom. The van der Waals surface area contributed by atoms with Gasteiger partial charge in [0, 0.05) is 32.7 Å². The monoisotopic (exact) mass is 284 g/mol. The molecule has 1 N–H and O–H groups in total. The first-order valence-electron chi connectivity index (χ1n) is 7.73. The maximum Gasteiger partial charge on any atom is 0.0991 e. The molecule has 0 aromatic heterocycles. The molecule has 1 aromatic carbocycles. The Morgan fingerprint density at radius 3 is 2.43 bits per heavy atom. The van der Waals surface area contributed by atoms with E-state index in [1.807, 2.05) is 12.1 Å². The molecular weight excluding hydrogens is 260 g/mol. The summed E-state index contributed by atoms with van der Waals surface area (Å²) in [6.07, 6.45) is 6.90. The fourth-order valence-corrected chi connectivity index (χ4v) is 3.02. The van der Waals surface area contributed by atoms with Crippen LogP contribution >= 0.6 is 0 Å². The van der Waals surface area contributed by atoms with Crippen LogP contribution in [0.5, 0.6) is 0 Å². The molecule has 1 fully saturated rings. The third-order valence-electron chi connectivity index (χ3n) is 4.45. The zero-order valence-electron chi connectivity index (χ0n) is 12.7. The molecule has 3 rings (SSSR count). The maximum atomic E-state index is 10.8. The minimum absolute atomic E-state index is 0.695. The first-order chi connectivity index (χ1) is 10.1. The third kappa shape index (κ3) is 3.62. The molecule has 1 unspecified atom stereocenters. The minimum atomic E-state index is -0.714. The first kappa shape index (κ1) is 14.5. The van der Waals surface area contributed by atoms with E-state index in [1.165, 1.54) is 11.1 Å². The van der Waals surface area contributed by atoms with Gasteiger partial charge in [-0.1, -0.05) is 48.6 Å². The molecule has 1 atom stereocenters. The number of piperazine rings is 1. The highest BCUT2D eigenvalue weighted by Crippen LogP contribution is 2.27. The number of allylic oxidation sites excluding steroid dienone is 2. The van der Waals surface area contributed by atoms with Gasteiger partial charge < -0.3 is 10.0 Å². The van der Waals surface area contributed by atoms with Crippen LogP contribution < -0.4 is 0 Å². The van der Waals surface area contributed by atoms with Gasteiger partial charge in [0.25, 0.3) is 0 Å². The van der Waals surface area contributed by atoms with Gasteiger partial charge in [-0.15, -0.1) is 0 Å². The Balaban J connectivity index is 1.62. The number of hydrogen-bond donors (Lipinski definition) is 1. The Bertz CT molecular complexity index is 529. The van der Waals surface area contributed by atoms with Gasteiger partial charge >= 0.3 is 0 Å². The Hall–Kier alpha value is -1.42. The quantitative estimate of drug-likeness (QED) is 0.920. The molecule has 1 aromatic rings. The average Bonchev–Trinajstić information content (AvgIpc) is 2.51. The number of aliphatic hydroxyl groups is 1. The average molecular weight is 284 g/mol. The lowest BCUT2D eigenvalue weighted by atomic mass is 9.89. The molecule has 0 amide bonds. The van der Waals surface area contributed by atoms with Gasteiger partial charge in [-0.25, -0.2) is 0 Å². The summed E-state index contributed by atoms with van der Waals surface area (Å²) in [4.78, 5) is 4.70. The van der Waals surface area contributed by atoms with Crippen molar-refractivity contribution in [2.45, 2.75) is 12.0 Å². The van der Waals surface area contributed by atoms with E-state index in [9.17, 15) is 5.11 Å². The maximum absolute atomic E-state index is 10.8. The van der Waals surface area contributed by atoms with Gasteiger partial charge in [0.2, 0.25) is 0 Å². The molecule has 0 radical (unpaired) electrons. The van der Waals surface area contributed by atoms with E-state index in [-0.39, 0.29) is 0 Å². The molecule has 2 aliphatic rings. The molecule has 0 saturated carbocycles. The lowest BCUT2D eigenvalue weighted by molar-refractivity contribution is 0.0304. The van der Waals surface area contributed by atoms with E-state index < -0.39 is 5.60 Å². The largest absolute Gasteiger partial charge is 0.384 e. The summed E-state index contributed by atoms with van der Waals surface area (Å²) in [5.74, 6) is 0. The summed E-state index contributed by atoms with van der Waals surface area (Å²) in [5, 5.41) is 10.8. The zero-order valence-corrected chi connectivity index (χ0v) is 12.7. The topological polar surface area (TPSA) is 26.7 Å². The molecule has 1 saturated heterocycles. The molecule has 1 heterocycles. The van der Waals surface area contributed by atoms with Crippen LogP contribution in [0.25, 0.3) is 5.57 Å². The van der Waals surface area contributed by atoms with Gasteiger partial charge in [-0.05, 0) is 24.6 Å². The van der Waals surface area contributed by atoms with Gasteiger partial charge in [0.15, 0.2) is 0 Å². The molecule has 1 aliphatic heterocycles. The molecule has 0 bridgehead atoms. The first-order valence-corrected chi connectivity index (χ1v) is 7.73. The lowest BCUT2D eigenvalue weighted by Crippen LogP contribution is -2.50. The van der Waals surface area contributed by atoms with Gasteiger partial charge in [0.05, 0.1) is 5.60 Å². The smallest absolute Gasteiger partial charge is 0.0991 e. The van der Waals surface area contributed by atoms with Crippen molar-refractivity contribution < 1.29 is 5.11 Å². The highest BCUT2D eigenvalue weighted by molar-refractivity contribution is 5.75. The fraction of sp³-hybridized carbons (Fsp3) is 0.444. The summed E-state index contributed by atoms with van der Waals surface area (Å²) in [6.45, 7) is 5.00. The van der Waals surface area contributed by atoms with E-state index >= 15 is 0 Å². The van der Waals surface area contributed by atoms with E-state index in [0.29, 0.717) is 6.42 Å². The summed E-state index contributed by atoms with van der Waals surface area (Å²) in [7, 11) is 2.15. The molecule has 21 heavy (non-hydrogen) atoms. The predicted octanol–water partition coefficient (Wildman–Crippen LogP) is 2.01. The normalized spacial score (nSPS) is 27.6. The Kier molecular flexibility index (Phi) is 4.24. The second kappa shape index (κ2) is 6.14. The summed E-state index contributed by atoms with van der Waals surface area (Å²) in [6, 6.07) is 10.4. The van der Waals surface area contributed by atoms with Crippen LogP contribution in [0.2, 0.25) is 0 Å². The van der Waals surface area contributed by atoms with Gasteiger partial charge in [0.1, 0.15) is 0 Å². The zero-order chi connectivity index (χ0) is 14.7. The van der Waals surface area contributed by atoms with Crippen LogP contribution in [0, 0.1) is 0 Å². The number of benzene rings is 1. The van der Waals surface area contributed by atoms with Crippen molar-refractivity contribution in [2.24, 2.45) is 0 Å². The van der Waals surface area contributed by atoms with Gasteiger partial charge in [-0.3, -0.25) is 4.90 Å². The number of nitrogens with zero attached hydrogens (tertiary/aromatic N) is 2. The van der Waals surface area contributed by atoms with Crippen LogP contribution in [0.1, 0.15) is 12.0 Å². The summed E-state index contributed by atoms with van der Waals surface area (Å²) >= 11 is 0. The number of hydrogen-bond acceptors (Lipinski definition) is 3. The van der Waals surface area contributed by atoms with E-state index in [4.69, 9.17) is 0 Å². The van der Waals surface area contributed by atoms with Crippen LogP contribution in [0.4, 0.5) is 0 Å². The molecule has 0 spiro atoms. The molecule has 112 valence electrons. The summed E-state index contributed by atoms with van der Waals surface area (Å²) < 4.78 is 0. The molecule has 1 aliphatic carbocycles. The van der Waals surface area contributed by atoms with Crippen LogP contribution in [0.3, 0.4) is 0 Å². The highest BCUT2D eigenvalue weighted by atomic mass is 16.3. The van der Waals surface area contributed by atoms with Crippen LogP contribution in [0.15, 0.2) is 48.6 Å². The molecular formula is C18H24N2O. The summed E-state index contributed by atoms with van der Waals surface area (Å²) in [5.41, 5.74) is 1.71. The van der Waals surface area contributed by atoms with Crippen molar-refractivity contribution in [3.8, 4) is 0 Å². The Labute approximate surface area is 127 Å². The number of β-amino-alcohol motifs (C(OH)–C–C–N with tert-alkyl or cyclic N) is 1. The molecule has 3 nitrogen and oxygen atoms in total. The van der Waals surface area contributed by atoms with Gasteiger partial charge in [-0.2, -0.15) is 0 Å². The van der Waals surface area contributed by atoms with Crippen molar-refractivity contribution in [3.05, 3.63) is 54.1 Å². The van der Waals surface area contributed by atoms with Crippen LogP contribution in [-0.2, 0) is 0 Å².